The number of fused-ring (bicyclic) bond motifs is 1. The first-order valence-electron chi connectivity index (χ1n) is 13.5. The van der Waals surface area contributed by atoms with Crippen molar-refractivity contribution in [1.82, 2.24) is 9.88 Å². The van der Waals surface area contributed by atoms with Gasteiger partial charge in [0.15, 0.2) is 0 Å². The van der Waals surface area contributed by atoms with Gasteiger partial charge in [-0.25, -0.2) is 4.39 Å². The standard InChI is InChI=1S/C31H39FN2O3/c1-22-6-3-4-7-23(22)8-5-18-34-19-16-24(25(21-34)10-14-31(35)36)9-12-29(32)27-15-17-33-30-13-11-26(37-2)20-28(27)30/h3-4,6-7,11,13,15,17,20,24-25,29H,5,8-10,12,14,16,18-19,21H2,1-2H3,(H,35,36)/t24-,25-,29-/m1/s1. The topological polar surface area (TPSA) is 62.7 Å². The Bertz CT molecular complexity index is 1180. The van der Waals surface area contributed by atoms with Crippen LogP contribution >= 0.6 is 0 Å². The van der Waals surface area contributed by atoms with E-state index in [9.17, 15) is 9.90 Å². The van der Waals surface area contributed by atoms with E-state index >= 15 is 4.39 Å². The Labute approximate surface area is 219 Å². The number of likely N-dealkylation sites (tertiary alicyclic amines) is 1. The summed E-state index contributed by atoms with van der Waals surface area (Å²) in [5.41, 5.74) is 4.15. The Kier molecular flexibility index (Phi) is 9.51. The number of carboxylic acids is 1. The Morgan fingerprint density at radius 3 is 2.81 bits per heavy atom. The summed E-state index contributed by atoms with van der Waals surface area (Å²) < 4.78 is 20.9. The molecule has 1 aliphatic rings. The molecule has 3 atom stereocenters. The molecule has 3 aromatic rings. The first-order chi connectivity index (χ1) is 17.9. The molecule has 0 amide bonds. The third kappa shape index (κ3) is 7.29. The van der Waals surface area contributed by atoms with Gasteiger partial charge >= 0.3 is 5.97 Å². The molecular formula is C31H39FN2O3. The number of alkyl halides is 1. The van der Waals surface area contributed by atoms with E-state index in [0.29, 0.717) is 30.1 Å². The lowest BCUT2D eigenvalue weighted by molar-refractivity contribution is -0.137. The van der Waals surface area contributed by atoms with Gasteiger partial charge in [0, 0.05) is 24.5 Å². The van der Waals surface area contributed by atoms with Gasteiger partial charge in [-0.2, -0.15) is 0 Å². The van der Waals surface area contributed by atoms with E-state index < -0.39 is 12.1 Å². The largest absolute Gasteiger partial charge is 0.497 e. The van der Waals surface area contributed by atoms with Crippen LogP contribution in [-0.2, 0) is 11.2 Å². The molecule has 2 heterocycles. The molecule has 0 saturated carbocycles. The lowest BCUT2D eigenvalue weighted by Crippen LogP contribution is -2.41. The van der Waals surface area contributed by atoms with Crippen molar-refractivity contribution in [2.45, 2.75) is 58.0 Å². The smallest absolute Gasteiger partial charge is 0.303 e. The molecule has 5 nitrogen and oxygen atoms in total. The van der Waals surface area contributed by atoms with Crippen molar-refractivity contribution in [3.63, 3.8) is 0 Å². The highest BCUT2D eigenvalue weighted by atomic mass is 19.1. The number of aryl methyl sites for hydroxylation is 2. The molecule has 1 saturated heterocycles. The van der Waals surface area contributed by atoms with Crippen LogP contribution in [0.4, 0.5) is 4.39 Å². The third-order valence-electron chi connectivity index (χ3n) is 8.00. The zero-order valence-electron chi connectivity index (χ0n) is 22.0. The van der Waals surface area contributed by atoms with E-state index in [4.69, 9.17) is 4.74 Å². The summed E-state index contributed by atoms with van der Waals surface area (Å²) in [6.45, 7) is 5.07. The Morgan fingerprint density at radius 2 is 2.03 bits per heavy atom. The molecule has 198 valence electrons. The average molecular weight is 507 g/mol. The van der Waals surface area contributed by atoms with Crippen molar-refractivity contribution in [1.29, 1.82) is 0 Å². The normalized spacial score (nSPS) is 19.1. The van der Waals surface area contributed by atoms with Crippen LogP contribution in [0.15, 0.2) is 54.7 Å². The van der Waals surface area contributed by atoms with Crippen LogP contribution < -0.4 is 4.74 Å². The van der Waals surface area contributed by atoms with Crippen molar-refractivity contribution >= 4 is 16.9 Å². The molecule has 0 bridgehead atoms. The lowest BCUT2D eigenvalue weighted by atomic mass is 9.79. The third-order valence-corrected chi connectivity index (χ3v) is 8.00. The lowest BCUT2D eigenvalue weighted by Gasteiger charge is -2.39. The second-order valence-electron chi connectivity index (χ2n) is 10.4. The first kappa shape index (κ1) is 27.1. The van der Waals surface area contributed by atoms with Gasteiger partial charge in [-0.1, -0.05) is 24.3 Å². The minimum Gasteiger partial charge on any atom is -0.497 e. The van der Waals surface area contributed by atoms with E-state index in [1.54, 1.807) is 19.4 Å². The summed E-state index contributed by atoms with van der Waals surface area (Å²) in [7, 11) is 1.61. The van der Waals surface area contributed by atoms with Crippen molar-refractivity contribution in [3.8, 4) is 5.75 Å². The zero-order valence-corrected chi connectivity index (χ0v) is 22.0. The molecular weight excluding hydrogens is 467 g/mol. The molecule has 37 heavy (non-hydrogen) atoms. The number of hydrogen-bond donors (Lipinski definition) is 1. The highest BCUT2D eigenvalue weighted by Crippen LogP contribution is 2.36. The van der Waals surface area contributed by atoms with Crippen LogP contribution in [0.1, 0.15) is 61.4 Å². The Morgan fingerprint density at radius 1 is 1.19 bits per heavy atom. The fourth-order valence-electron chi connectivity index (χ4n) is 5.82. The van der Waals surface area contributed by atoms with Gasteiger partial charge in [-0.15, -0.1) is 0 Å². The summed E-state index contributed by atoms with van der Waals surface area (Å²) in [6, 6.07) is 15.9. The van der Waals surface area contributed by atoms with Crippen LogP contribution in [0.3, 0.4) is 0 Å². The summed E-state index contributed by atoms with van der Waals surface area (Å²) in [5, 5.41) is 10.1. The van der Waals surface area contributed by atoms with Crippen LogP contribution in [0, 0.1) is 18.8 Å². The Balaban J connectivity index is 1.35. The maximum atomic E-state index is 15.6. The SMILES string of the molecule is COc1ccc2nccc([C@H](F)CC[C@@H]3CCN(CCCc4ccccc4C)C[C@H]3CCC(=O)O)c2c1. The van der Waals surface area contributed by atoms with Crippen molar-refractivity contribution in [2.75, 3.05) is 26.7 Å². The number of nitrogens with zero attached hydrogens (tertiary/aromatic N) is 2. The summed E-state index contributed by atoms with van der Waals surface area (Å²) >= 11 is 0. The number of carboxylic acid groups (broad SMARTS) is 1. The molecule has 1 aromatic heterocycles. The van der Waals surface area contributed by atoms with Crippen molar-refractivity contribution in [3.05, 3.63) is 71.4 Å². The number of benzene rings is 2. The van der Waals surface area contributed by atoms with Crippen molar-refractivity contribution in [2.24, 2.45) is 11.8 Å². The van der Waals surface area contributed by atoms with E-state index in [1.165, 1.54) is 11.1 Å². The highest BCUT2D eigenvalue weighted by Gasteiger charge is 2.30. The second kappa shape index (κ2) is 13.0. The van der Waals surface area contributed by atoms with Gasteiger partial charge in [0.2, 0.25) is 0 Å². The zero-order chi connectivity index (χ0) is 26.2. The molecule has 0 radical (unpaired) electrons. The van der Waals surface area contributed by atoms with Gasteiger partial charge in [-0.3, -0.25) is 9.78 Å². The number of piperidine rings is 1. The van der Waals surface area contributed by atoms with Crippen LogP contribution in [0.2, 0.25) is 0 Å². The van der Waals surface area contributed by atoms with Crippen LogP contribution in [-0.4, -0.2) is 47.7 Å². The van der Waals surface area contributed by atoms with Gasteiger partial charge in [-0.05, 0) is 111 Å². The van der Waals surface area contributed by atoms with Gasteiger partial charge in [0.05, 0.1) is 12.6 Å². The summed E-state index contributed by atoms with van der Waals surface area (Å²) in [5.74, 6) is 0.561. The van der Waals surface area contributed by atoms with E-state index in [-0.39, 0.29) is 12.3 Å². The van der Waals surface area contributed by atoms with Gasteiger partial charge in [0.25, 0.3) is 0 Å². The number of halogens is 1. The predicted octanol–water partition coefficient (Wildman–Crippen LogP) is 6.78. The number of ether oxygens (including phenoxy) is 1. The number of methoxy groups -OCH3 is 1. The number of rotatable bonds is 12. The fourth-order valence-corrected chi connectivity index (χ4v) is 5.82. The Hall–Kier alpha value is -2.99. The first-order valence-corrected chi connectivity index (χ1v) is 13.5. The van der Waals surface area contributed by atoms with E-state index in [2.05, 4.69) is 41.1 Å². The van der Waals surface area contributed by atoms with Crippen LogP contribution in [0.5, 0.6) is 5.75 Å². The molecule has 2 aromatic carbocycles. The molecule has 1 aliphatic heterocycles. The minimum absolute atomic E-state index is 0.173. The number of pyridine rings is 1. The quantitative estimate of drug-likeness (QED) is 0.293. The minimum atomic E-state index is -1.09. The summed E-state index contributed by atoms with van der Waals surface area (Å²) in [4.78, 5) is 18.2. The van der Waals surface area contributed by atoms with Gasteiger partial charge in [0.1, 0.15) is 11.9 Å². The maximum Gasteiger partial charge on any atom is 0.303 e. The highest BCUT2D eigenvalue weighted by molar-refractivity contribution is 5.83. The van der Waals surface area contributed by atoms with Crippen LogP contribution in [0.25, 0.3) is 10.9 Å². The number of carbonyl (C=O) groups is 1. The number of aromatic nitrogens is 1. The van der Waals surface area contributed by atoms with E-state index in [0.717, 1.165) is 56.2 Å². The molecule has 4 rings (SSSR count). The maximum absolute atomic E-state index is 15.6. The fraction of sp³-hybridized carbons (Fsp3) is 0.484. The van der Waals surface area contributed by atoms with Gasteiger partial charge < -0.3 is 14.7 Å². The second-order valence-corrected chi connectivity index (χ2v) is 10.4. The number of aliphatic carboxylic acids is 1. The molecule has 1 fully saturated rings. The molecule has 0 aliphatic carbocycles. The monoisotopic (exact) mass is 506 g/mol. The molecule has 0 spiro atoms. The van der Waals surface area contributed by atoms with Crippen molar-refractivity contribution < 1.29 is 19.0 Å². The predicted molar refractivity (Wildman–Crippen MR) is 146 cm³/mol. The average Bonchev–Trinajstić information content (AvgIpc) is 2.91. The molecule has 1 N–H and O–H groups in total. The number of hydrogen-bond acceptors (Lipinski definition) is 4. The van der Waals surface area contributed by atoms with E-state index in [1.807, 2.05) is 18.2 Å². The summed E-state index contributed by atoms with van der Waals surface area (Å²) in [6.07, 6.45) is 5.73. The molecule has 6 heteroatoms. The molecule has 0 unspecified atom stereocenters.